The topological polar surface area (TPSA) is 96.0 Å². The van der Waals surface area contributed by atoms with E-state index in [0.29, 0.717) is 17.3 Å². The van der Waals surface area contributed by atoms with Gasteiger partial charge in [0.15, 0.2) is 0 Å². The van der Waals surface area contributed by atoms with Gasteiger partial charge >= 0.3 is 0 Å². The lowest BCUT2D eigenvalue weighted by molar-refractivity contribution is -0.139. The summed E-state index contributed by atoms with van der Waals surface area (Å²) in [5, 5.41) is 3.36. The zero-order valence-electron chi connectivity index (χ0n) is 22.6. The quantitative estimate of drug-likeness (QED) is 0.337. The van der Waals surface area contributed by atoms with Gasteiger partial charge in [-0.3, -0.25) is 13.9 Å². The molecular formula is C29H34ClN3O5S. The van der Waals surface area contributed by atoms with Crippen molar-refractivity contribution >= 4 is 39.1 Å². The molecule has 10 heteroatoms. The van der Waals surface area contributed by atoms with E-state index in [0.717, 1.165) is 21.9 Å². The van der Waals surface area contributed by atoms with Gasteiger partial charge in [0.25, 0.3) is 10.0 Å². The minimum atomic E-state index is -4.18. The summed E-state index contributed by atoms with van der Waals surface area (Å²) in [5.41, 5.74) is 1.76. The van der Waals surface area contributed by atoms with E-state index >= 15 is 0 Å². The summed E-state index contributed by atoms with van der Waals surface area (Å²) in [4.78, 5) is 28.3. The van der Waals surface area contributed by atoms with Crippen molar-refractivity contribution in [1.82, 2.24) is 10.2 Å². The third-order valence-electron chi connectivity index (χ3n) is 6.20. The molecule has 0 aromatic heterocycles. The van der Waals surface area contributed by atoms with Gasteiger partial charge in [0.05, 0.1) is 17.7 Å². The highest BCUT2D eigenvalue weighted by Crippen LogP contribution is 2.33. The zero-order chi connectivity index (χ0) is 28.6. The molecule has 3 aromatic carbocycles. The van der Waals surface area contributed by atoms with Gasteiger partial charge in [0.1, 0.15) is 18.3 Å². The summed E-state index contributed by atoms with van der Waals surface area (Å²) in [6.07, 6.45) is 0.736. The molecule has 2 amide bonds. The third kappa shape index (κ3) is 7.52. The van der Waals surface area contributed by atoms with Crippen molar-refractivity contribution in [3.8, 4) is 5.75 Å². The SMILES string of the molecule is CCCNC(=O)[C@@H](C)N(Cc1ccc(Cl)cc1)C(=O)CN(c1cc(C)ccc1OC)S(=O)(=O)c1ccccc1. The Kier molecular flexibility index (Phi) is 10.4. The van der Waals surface area contributed by atoms with Crippen LogP contribution in [-0.2, 0) is 26.2 Å². The van der Waals surface area contributed by atoms with Crippen LogP contribution in [0.25, 0.3) is 0 Å². The second kappa shape index (κ2) is 13.5. The van der Waals surface area contributed by atoms with Crippen molar-refractivity contribution in [1.29, 1.82) is 0 Å². The molecule has 3 rings (SSSR count). The summed E-state index contributed by atoms with van der Waals surface area (Å²) in [6.45, 7) is 5.38. The Labute approximate surface area is 235 Å². The Morgan fingerprint density at radius 1 is 1.03 bits per heavy atom. The number of sulfonamides is 1. The summed E-state index contributed by atoms with van der Waals surface area (Å²) in [5.74, 6) is -0.581. The maximum Gasteiger partial charge on any atom is 0.264 e. The summed E-state index contributed by atoms with van der Waals surface area (Å²) in [7, 11) is -2.74. The molecule has 0 heterocycles. The number of hydrogen-bond acceptors (Lipinski definition) is 5. The molecule has 0 unspecified atom stereocenters. The maximum absolute atomic E-state index is 14.0. The molecule has 0 aliphatic rings. The number of carbonyl (C=O) groups excluding carboxylic acids is 2. The van der Waals surface area contributed by atoms with Crippen LogP contribution in [0.4, 0.5) is 5.69 Å². The van der Waals surface area contributed by atoms with E-state index in [9.17, 15) is 18.0 Å². The minimum absolute atomic E-state index is 0.0272. The van der Waals surface area contributed by atoms with E-state index in [4.69, 9.17) is 16.3 Å². The van der Waals surface area contributed by atoms with Crippen molar-refractivity contribution in [2.24, 2.45) is 0 Å². The second-order valence-electron chi connectivity index (χ2n) is 9.12. The molecule has 3 aromatic rings. The summed E-state index contributed by atoms with van der Waals surface area (Å²) < 4.78 is 34.4. The van der Waals surface area contributed by atoms with E-state index in [-0.39, 0.29) is 23.0 Å². The lowest BCUT2D eigenvalue weighted by Crippen LogP contribution is -2.51. The highest BCUT2D eigenvalue weighted by Gasteiger charge is 2.33. The molecule has 0 bridgehead atoms. The number of hydrogen-bond donors (Lipinski definition) is 1. The van der Waals surface area contributed by atoms with Crippen molar-refractivity contribution in [2.45, 2.75) is 44.7 Å². The predicted molar refractivity (Wildman–Crippen MR) is 153 cm³/mol. The average molecular weight is 572 g/mol. The van der Waals surface area contributed by atoms with E-state index < -0.39 is 28.5 Å². The number of anilines is 1. The van der Waals surface area contributed by atoms with Gasteiger partial charge < -0.3 is 15.0 Å². The minimum Gasteiger partial charge on any atom is -0.495 e. The number of ether oxygens (including phenoxy) is 1. The highest BCUT2D eigenvalue weighted by atomic mass is 35.5. The van der Waals surface area contributed by atoms with Gasteiger partial charge in [0.2, 0.25) is 11.8 Å². The number of nitrogens with one attached hydrogen (secondary N) is 1. The maximum atomic E-state index is 14.0. The Morgan fingerprint density at radius 3 is 2.31 bits per heavy atom. The first kappa shape index (κ1) is 30.0. The van der Waals surface area contributed by atoms with Crippen LogP contribution in [-0.4, -0.2) is 51.4 Å². The molecule has 8 nitrogen and oxygen atoms in total. The van der Waals surface area contributed by atoms with Crippen LogP contribution in [0, 0.1) is 6.92 Å². The molecule has 1 N–H and O–H groups in total. The summed E-state index contributed by atoms with van der Waals surface area (Å²) >= 11 is 6.04. The first-order valence-electron chi connectivity index (χ1n) is 12.6. The van der Waals surface area contributed by atoms with Gasteiger partial charge in [-0.1, -0.05) is 54.9 Å². The fourth-order valence-corrected chi connectivity index (χ4v) is 5.56. The van der Waals surface area contributed by atoms with E-state index in [1.165, 1.54) is 24.1 Å². The second-order valence-corrected chi connectivity index (χ2v) is 11.4. The molecule has 0 saturated carbocycles. The van der Waals surface area contributed by atoms with Crippen LogP contribution in [0.2, 0.25) is 5.02 Å². The molecule has 0 spiro atoms. The van der Waals surface area contributed by atoms with Crippen molar-refractivity contribution in [2.75, 3.05) is 24.5 Å². The number of aryl methyl sites for hydroxylation is 1. The lowest BCUT2D eigenvalue weighted by atomic mass is 10.1. The van der Waals surface area contributed by atoms with Gasteiger partial charge in [0, 0.05) is 18.1 Å². The number of rotatable bonds is 12. The lowest BCUT2D eigenvalue weighted by Gasteiger charge is -2.32. The Balaban J connectivity index is 2.07. The van der Waals surface area contributed by atoms with Crippen LogP contribution < -0.4 is 14.4 Å². The van der Waals surface area contributed by atoms with Gasteiger partial charge in [-0.15, -0.1) is 0 Å². The van der Waals surface area contributed by atoms with Crippen molar-refractivity contribution in [3.05, 3.63) is 88.9 Å². The van der Waals surface area contributed by atoms with E-state index in [1.807, 2.05) is 13.8 Å². The molecule has 0 aliphatic heterocycles. The van der Waals surface area contributed by atoms with Crippen LogP contribution in [0.1, 0.15) is 31.4 Å². The van der Waals surface area contributed by atoms with Gasteiger partial charge in [-0.25, -0.2) is 8.42 Å². The van der Waals surface area contributed by atoms with Crippen LogP contribution in [0.3, 0.4) is 0 Å². The van der Waals surface area contributed by atoms with E-state index in [1.54, 1.807) is 67.6 Å². The number of methoxy groups -OCH3 is 1. The third-order valence-corrected chi connectivity index (χ3v) is 8.22. The van der Waals surface area contributed by atoms with Crippen LogP contribution >= 0.6 is 11.6 Å². The fourth-order valence-electron chi connectivity index (χ4n) is 3.99. The number of benzene rings is 3. The number of halogens is 1. The molecule has 0 radical (unpaired) electrons. The Hall–Kier alpha value is -3.56. The first-order valence-corrected chi connectivity index (χ1v) is 14.4. The smallest absolute Gasteiger partial charge is 0.264 e. The number of nitrogens with zero attached hydrogens (tertiary/aromatic N) is 2. The Morgan fingerprint density at radius 2 is 1.69 bits per heavy atom. The average Bonchev–Trinajstić information content (AvgIpc) is 2.94. The largest absolute Gasteiger partial charge is 0.495 e. The monoisotopic (exact) mass is 571 g/mol. The standard InChI is InChI=1S/C29H34ClN3O5S/c1-5-17-31-29(35)22(3)32(19-23-12-14-24(30)15-13-23)28(34)20-33(26-18-21(2)11-16-27(26)38-4)39(36,37)25-9-7-6-8-10-25/h6-16,18,22H,5,17,19-20H2,1-4H3,(H,31,35)/t22-/m1/s1. The van der Waals surface area contributed by atoms with Gasteiger partial charge in [-0.2, -0.15) is 0 Å². The van der Waals surface area contributed by atoms with Gasteiger partial charge in [-0.05, 0) is 67.8 Å². The molecule has 0 saturated heterocycles. The molecule has 0 fully saturated rings. The normalized spacial score (nSPS) is 11.9. The zero-order valence-corrected chi connectivity index (χ0v) is 24.1. The highest BCUT2D eigenvalue weighted by molar-refractivity contribution is 7.92. The van der Waals surface area contributed by atoms with Crippen molar-refractivity contribution < 1.29 is 22.7 Å². The number of amides is 2. The van der Waals surface area contributed by atoms with E-state index in [2.05, 4.69) is 5.32 Å². The first-order chi connectivity index (χ1) is 18.6. The molecule has 1 atom stereocenters. The molecular weight excluding hydrogens is 538 g/mol. The number of carbonyl (C=O) groups is 2. The summed E-state index contributed by atoms with van der Waals surface area (Å²) in [6, 6.07) is 19.1. The molecule has 39 heavy (non-hydrogen) atoms. The van der Waals surface area contributed by atoms with Crippen LogP contribution in [0.15, 0.2) is 77.7 Å². The fraction of sp³-hybridized carbons (Fsp3) is 0.310. The molecule has 0 aliphatic carbocycles. The Bertz CT molecular complexity index is 1380. The molecule has 208 valence electrons. The predicted octanol–water partition coefficient (Wildman–Crippen LogP) is 4.80. The van der Waals surface area contributed by atoms with Crippen molar-refractivity contribution in [3.63, 3.8) is 0 Å². The van der Waals surface area contributed by atoms with Crippen LogP contribution in [0.5, 0.6) is 5.75 Å².